The van der Waals surface area contributed by atoms with Crippen molar-refractivity contribution in [2.75, 3.05) is 18.1 Å². The largest absolute Gasteiger partial charge is 0.354 e. The standard InChI is InChI=1S/C5H9NO2S/c6-3-5-1-2-9(7,8)4-5/h1H,2-4,6H2/p+1. The Balaban J connectivity index is 2.71. The summed E-state index contributed by atoms with van der Waals surface area (Å²) in [5, 5.41) is 0. The molecular weight excluding hydrogens is 138 g/mol. The van der Waals surface area contributed by atoms with Gasteiger partial charge in [-0.15, -0.1) is 0 Å². The van der Waals surface area contributed by atoms with Crippen molar-refractivity contribution in [3.8, 4) is 0 Å². The van der Waals surface area contributed by atoms with Crippen LogP contribution in [-0.2, 0) is 9.84 Å². The van der Waals surface area contributed by atoms with E-state index >= 15 is 0 Å². The first-order chi connectivity index (χ1) is 4.14. The molecule has 0 aromatic heterocycles. The van der Waals surface area contributed by atoms with Crippen LogP contribution < -0.4 is 5.73 Å². The molecule has 0 unspecified atom stereocenters. The lowest BCUT2D eigenvalue weighted by molar-refractivity contribution is -0.355. The van der Waals surface area contributed by atoms with E-state index in [4.69, 9.17) is 0 Å². The molecule has 3 N–H and O–H groups in total. The van der Waals surface area contributed by atoms with Gasteiger partial charge in [-0.1, -0.05) is 6.08 Å². The average molecular weight is 148 g/mol. The van der Waals surface area contributed by atoms with E-state index in [9.17, 15) is 8.42 Å². The molecule has 0 saturated carbocycles. The zero-order valence-corrected chi connectivity index (χ0v) is 5.95. The Hall–Kier alpha value is -0.350. The maximum atomic E-state index is 10.7. The van der Waals surface area contributed by atoms with E-state index in [2.05, 4.69) is 5.73 Å². The molecule has 0 amide bonds. The van der Waals surface area contributed by atoms with Gasteiger partial charge in [-0.3, -0.25) is 0 Å². The first-order valence-electron chi connectivity index (χ1n) is 2.81. The van der Waals surface area contributed by atoms with Gasteiger partial charge in [0.25, 0.3) is 0 Å². The van der Waals surface area contributed by atoms with E-state index < -0.39 is 9.84 Å². The molecule has 0 spiro atoms. The molecule has 9 heavy (non-hydrogen) atoms. The number of sulfone groups is 1. The predicted molar refractivity (Wildman–Crippen MR) is 34.5 cm³/mol. The summed E-state index contributed by atoms with van der Waals surface area (Å²) in [7, 11) is -2.74. The lowest BCUT2D eigenvalue weighted by atomic mass is 10.3. The van der Waals surface area contributed by atoms with Gasteiger partial charge in [-0.2, -0.15) is 0 Å². The van der Waals surface area contributed by atoms with Crippen molar-refractivity contribution >= 4 is 9.84 Å². The summed E-state index contributed by atoms with van der Waals surface area (Å²) < 4.78 is 21.4. The van der Waals surface area contributed by atoms with Crippen molar-refractivity contribution < 1.29 is 14.2 Å². The van der Waals surface area contributed by atoms with Gasteiger partial charge < -0.3 is 5.73 Å². The first kappa shape index (κ1) is 6.77. The van der Waals surface area contributed by atoms with E-state index in [0.29, 0.717) is 6.54 Å². The van der Waals surface area contributed by atoms with E-state index in [-0.39, 0.29) is 11.5 Å². The second-order valence-corrected chi connectivity index (χ2v) is 4.28. The normalized spacial score (nSPS) is 23.9. The fraction of sp³-hybridized carbons (Fsp3) is 0.600. The van der Waals surface area contributed by atoms with Crippen LogP contribution in [0.15, 0.2) is 11.6 Å². The zero-order chi connectivity index (χ0) is 6.91. The van der Waals surface area contributed by atoms with Crippen LogP contribution in [0, 0.1) is 0 Å². The Labute approximate surface area is 54.5 Å². The third kappa shape index (κ3) is 1.53. The van der Waals surface area contributed by atoms with Crippen molar-refractivity contribution in [3.05, 3.63) is 11.6 Å². The molecule has 0 bridgehead atoms. The summed E-state index contributed by atoms with van der Waals surface area (Å²) in [6, 6.07) is 0. The maximum absolute atomic E-state index is 10.7. The minimum absolute atomic E-state index is 0.220. The Morgan fingerprint density at radius 1 is 1.67 bits per heavy atom. The maximum Gasteiger partial charge on any atom is 0.157 e. The fourth-order valence-corrected chi connectivity index (χ4v) is 2.25. The van der Waals surface area contributed by atoms with Crippen LogP contribution in [0.25, 0.3) is 0 Å². The van der Waals surface area contributed by atoms with Gasteiger partial charge >= 0.3 is 0 Å². The highest BCUT2D eigenvalue weighted by molar-refractivity contribution is 7.92. The molecule has 0 fully saturated rings. The van der Waals surface area contributed by atoms with Gasteiger partial charge in [0.2, 0.25) is 0 Å². The summed E-state index contributed by atoms with van der Waals surface area (Å²) in [6.45, 7) is 0.624. The third-order valence-corrected chi connectivity index (χ3v) is 2.84. The summed E-state index contributed by atoms with van der Waals surface area (Å²) in [4.78, 5) is 0. The molecule has 4 heteroatoms. The highest BCUT2D eigenvalue weighted by Gasteiger charge is 2.18. The second kappa shape index (κ2) is 2.11. The quantitative estimate of drug-likeness (QED) is 0.464. The molecular formula is C5H10NO2S+. The Morgan fingerprint density at radius 3 is 2.56 bits per heavy atom. The lowest BCUT2D eigenvalue weighted by Crippen LogP contribution is -2.51. The summed E-state index contributed by atoms with van der Waals surface area (Å²) in [5.74, 6) is 0.453. The molecule has 0 aromatic carbocycles. The van der Waals surface area contributed by atoms with Gasteiger partial charge in [0.15, 0.2) is 9.84 Å². The van der Waals surface area contributed by atoms with Crippen LogP contribution in [0.5, 0.6) is 0 Å². The first-order valence-corrected chi connectivity index (χ1v) is 4.64. The summed E-state index contributed by atoms with van der Waals surface area (Å²) in [5.41, 5.74) is 4.55. The van der Waals surface area contributed by atoms with Gasteiger partial charge in [0, 0.05) is 0 Å². The zero-order valence-electron chi connectivity index (χ0n) is 5.13. The molecule has 3 nitrogen and oxygen atoms in total. The molecule has 1 aliphatic rings. The van der Waals surface area contributed by atoms with Crippen molar-refractivity contribution in [3.63, 3.8) is 0 Å². The molecule has 1 rings (SSSR count). The van der Waals surface area contributed by atoms with Crippen LogP contribution >= 0.6 is 0 Å². The van der Waals surface area contributed by atoms with Gasteiger partial charge in [-0.05, 0) is 5.57 Å². The average Bonchev–Trinajstić information content (AvgIpc) is 2.10. The molecule has 1 aliphatic heterocycles. The van der Waals surface area contributed by atoms with Gasteiger partial charge in [-0.25, -0.2) is 8.42 Å². The van der Waals surface area contributed by atoms with E-state index in [1.54, 1.807) is 6.08 Å². The monoisotopic (exact) mass is 148 g/mol. The molecule has 0 aromatic rings. The van der Waals surface area contributed by atoms with Gasteiger partial charge in [0.05, 0.1) is 18.1 Å². The minimum atomic E-state index is -2.74. The highest BCUT2D eigenvalue weighted by Crippen LogP contribution is 2.08. The summed E-state index contributed by atoms with van der Waals surface area (Å²) >= 11 is 0. The molecule has 0 aliphatic carbocycles. The SMILES string of the molecule is [NH3+]CC1=CCS(=O)(=O)C1. The Kier molecular flexibility index (Phi) is 1.59. The Morgan fingerprint density at radius 2 is 2.33 bits per heavy atom. The molecule has 52 valence electrons. The van der Waals surface area contributed by atoms with Crippen molar-refractivity contribution in [1.29, 1.82) is 0 Å². The van der Waals surface area contributed by atoms with Crippen LogP contribution in [0.3, 0.4) is 0 Å². The molecule has 0 atom stereocenters. The van der Waals surface area contributed by atoms with Crippen LogP contribution in [0.1, 0.15) is 0 Å². The number of rotatable bonds is 1. The number of hydrogen-bond donors (Lipinski definition) is 1. The van der Waals surface area contributed by atoms with E-state index in [0.717, 1.165) is 5.57 Å². The van der Waals surface area contributed by atoms with Crippen LogP contribution in [-0.4, -0.2) is 26.5 Å². The van der Waals surface area contributed by atoms with Crippen molar-refractivity contribution in [2.45, 2.75) is 0 Å². The topological polar surface area (TPSA) is 61.8 Å². The predicted octanol–water partition coefficient (Wildman–Crippen LogP) is -1.42. The lowest BCUT2D eigenvalue weighted by Gasteiger charge is -1.89. The van der Waals surface area contributed by atoms with Crippen LogP contribution in [0.4, 0.5) is 0 Å². The number of hydrogen-bond acceptors (Lipinski definition) is 2. The highest BCUT2D eigenvalue weighted by atomic mass is 32.2. The van der Waals surface area contributed by atoms with Gasteiger partial charge in [0.1, 0.15) is 0 Å². The minimum Gasteiger partial charge on any atom is -0.354 e. The van der Waals surface area contributed by atoms with Crippen molar-refractivity contribution in [1.82, 2.24) is 0 Å². The van der Waals surface area contributed by atoms with E-state index in [1.807, 2.05) is 0 Å². The molecule has 0 radical (unpaired) electrons. The Bertz CT molecular complexity index is 227. The number of quaternary nitrogens is 1. The summed E-state index contributed by atoms with van der Waals surface area (Å²) in [6.07, 6.45) is 1.75. The second-order valence-electron chi connectivity index (χ2n) is 2.17. The molecule has 0 saturated heterocycles. The van der Waals surface area contributed by atoms with E-state index in [1.165, 1.54) is 0 Å². The smallest absolute Gasteiger partial charge is 0.157 e. The molecule has 1 heterocycles. The third-order valence-electron chi connectivity index (χ3n) is 1.35. The fourth-order valence-electron chi connectivity index (χ4n) is 0.819. The van der Waals surface area contributed by atoms with Crippen LogP contribution in [0.2, 0.25) is 0 Å². The van der Waals surface area contributed by atoms with Crippen molar-refractivity contribution in [2.24, 2.45) is 0 Å².